The smallest absolute Gasteiger partial charge is 0.0991 e. The molecular weight excluding hydrogens is 192 g/mol. The van der Waals surface area contributed by atoms with E-state index in [9.17, 15) is 0 Å². The second-order valence-electron chi connectivity index (χ2n) is 3.11. The highest BCUT2D eigenvalue weighted by atomic mass is 32.1. The van der Waals surface area contributed by atoms with Gasteiger partial charge in [0.25, 0.3) is 0 Å². The minimum absolute atomic E-state index is 1.16. The number of aromatic nitrogens is 2. The summed E-state index contributed by atoms with van der Waals surface area (Å²) in [5.41, 5.74) is 1.16. The van der Waals surface area contributed by atoms with Crippen LogP contribution in [0.15, 0.2) is 48.4 Å². The van der Waals surface area contributed by atoms with Crippen LogP contribution in [0.3, 0.4) is 0 Å². The third kappa shape index (κ3) is 1.14. The Kier molecular flexibility index (Phi) is 1.64. The molecule has 2 aromatic heterocycles. The summed E-state index contributed by atoms with van der Waals surface area (Å²) >= 11 is 1.77. The molecule has 0 spiro atoms. The van der Waals surface area contributed by atoms with Crippen LogP contribution < -0.4 is 0 Å². The van der Waals surface area contributed by atoms with E-state index in [1.165, 1.54) is 10.1 Å². The van der Waals surface area contributed by atoms with Crippen molar-refractivity contribution < 1.29 is 0 Å². The fraction of sp³-hybridized carbons (Fsp3) is 0. The second kappa shape index (κ2) is 2.96. The lowest BCUT2D eigenvalue weighted by molar-refractivity contribution is 1.06. The summed E-state index contributed by atoms with van der Waals surface area (Å²) in [4.78, 5) is 4.03. The summed E-state index contributed by atoms with van der Waals surface area (Å²) in [6, 6.07) is 8.57. The Morgan fingerprint density at radius 3 is 3.07 bits per heavy atom. The molecule has 0 N–H and O–H groups in total. The molecule has 0 unspecified atom stereocenters. The average Bonchev–Trinajstić information content (AvgIpc) is 2.88. The third-order valence-electron chi connectivity index (χ3n) is 2.24. The van der Waals surface area contributed by atoms with Gasteiger partial charge in [0.2, 0.25) is 0 Å². The van der Waals surface area contributed by atoms with Crippen LogP contribution in [-0.4, -0.2) is 9.55 Å². The number of benzene rings is 1. The lowest BCUT2D eigenvalue weighted by atomic mass is 10.2. The third-order valence-corrected chi connectivity index (χ3v) is 3.12. The van der Waals surface area contributed by atoms with Crippen molar-refractivity contribution in [3.05, 3.63) is 48.4 Å². The first-order valence-electron chi connectivity index (χ1n) is 4.39. The van der Waals surface area contributed by atoms with E-state index in [1.807, 2.05) is 17.1 Å². The topological polar surface area (TPSA) is 17.8 Å². The highest BCUT2D eigenvalue weighted by Crippen LogP contribution is 2.23. The van der Waals surface area contributed by atoms with E-state index >= 15 is 0 Å². The number of hydrogen-bond donors (Lipinski definition) is 0. The molecule has 0 aliphatic carbocycles. The first-order chi connectivity index (χ1) is 6.93. The van der Waals surface area contributed by atoms with Gasteiger partial charge in [-0.05, 0) is 29.0 Å². The molecular formula is C11H8N2S. The van der Waals surface area contributed by atoms with Gasteiger partial charge in [-0.25, -0.2) is 4.98 Å². The molecule has 0 radical (unpaired) electrons. The van der Waals surface area contributed by atoms with Crippen molar-refractivity contribution in [2.24, 2.45) is 0 Å². The van der Waals surface area contributed by atoms with Gasteiger partial charge in [0.05, 0.1) is 6.33 Å². The van der Waals surface area contributed by atoms with Crippen molar-refractivity contribution in [1.29, 1.82) is 0 Å². The standard InChI is InChI=1S/C11H8N2S/c1-2-10(13-5-4-12-8-13)7-11-9(1)3-6-14-11/h1-8H. The van der Waals surface area contributed by atoms with E-state index in [1.54, 1.807) is 17.5 Å². The second-order valence-corrected chi connectivity index (χ2v) is 4.06. The van der Waals surface area contributed by atoms with Gasteiger partial charge >= 0.3 is 0 Å². The van der Waals surface area contributed by atoms with Gasteiger partial charge in [0, 0.05) is 22.8 Å². The normalized spacial score (nSPS) is 10.9. The molecule has 0 saturated heterocycles. The Balaban J connectivity index is 2.23. The number of fused-ring (bicyclic) bond motifs is 1. The van der Waals surface area contributed by atoms with Crippen molar-refractivity contribution in [2.75, 3.05) is 0 Å². The van der Waals surface area contributed by atoms with Gasteiger partial charge in [0.1, 0.15) is 0 Å². The van der Waals surface area contributed by atoms with E-state index in [4.69, 9.17) is 0 Å². The molecule has 3 rings (SSSR count). The minimum atomic E-state index is 1.16. The molecule has 0 atom stereocenters. The van der Waals surface area contributed by atoms with Crippen molar-refractivity contribution >= 4 is 21.4 Å². The Hall–Kier alpha value is -1.61. The van der Waals surface area contributed by atoms with Crippen LogP contribution >= 0.6 is 11.3 Å². The van der Waals surface area contributed by atoms with Crippen molar-refractivity contribution in [3.8, 4) is 5.69 Å². The van der Waals surface area contributed by atoms with Crippen LogP contribution in [0.5, 0.6) is 0 Å². The molecule has 0 aliphatic rings. The lowest BCUT2D eigenvalue weighted by Crippen LogP contribution is -1.87. The summed E-state index contributed by atoms with van der Waals surface area (Å²) in [5, 5.41) is 3.42. The van der Waals surface area contributed by atoms with Crippen LogP contribution in [0.4, 0.5) is 0 Å². The predicted octanol–water partition coefficient (Wildman–Crippen LogP) is 3.09. The van der Waals surface area contributed by atoms with Gasteiger partial charge in [0.15, 0.2) is 0 Å². The van der Waals surface area contributed by atoms with Crippen molar-refractivity contribution in [3.63, 3.8) is 0 Å². The molecule has 0 saturated carbocycles. The highest BCUT2D eigenvalue weighted by Gasteiger charge is 1.98. The first kappa shape index (κ1) is 7.76. The molecule has 0 fully saturated rings. The largest absolute Gasteiger partial charge is 0.306 e. The monoisotopic (exact) mass is 200 g/mol. The fourth-order valence-corrected chi connectivity index (χ4v) is 2.34. The fourth-order valence-electron chi connectivity index (χ4n) is 1.52. The number of nitrogens with zero attached hydrogens (tertiary/aromatic N) is 2. The van der Waals surface area contributed by atoms with E-state index in [2.05, 4.69) is 34.6 Å². The number of hydrogen-bond acceptors (Lipinski definition) is 2. The zero-order chi connectivity index (χ0) is 9.38. The Morgan fingerprint density at radius 2 is 2.21 bits per heavy atom. The average molecular weight is 200 g/mol. The first-order valence-corrected chi connectivity index (χ1v) is 5.27. The summed E-state index contributed by atoms with van der Waals surface area (Å²) in [6.07, 6.45) is 5.56. The van der Waals surface area contributed by atoms with Crippen LogP contribution in [-0.2, 0) is 0 Å². The van der Waals surface area contributed by atoms with Gasteiger partial charge < -0.3 is 4.57 Å². The summed E-state index contributed by atoms with van der Waals surface area (Å²) < 4.78 is 3.33. The maximum atomic E-state index is 4.03. The van der Waals surface area contributed by atoms with E-state index < -0.39 is 0 Å². The van der Waals surface area contributed by atoms with Crippen LogP contribution in [0.1, 0.15) is 0 Å². The zero-order valence-electron chi connectivity index (χ0n) is 7.42. The van der Waals surface area contributed by atoms with Gasteiger partial charge in [-0.15, -0.1) is 11.3 Å². The summed E-state index contributed by atoms with van der Waals surface area (Å²) in [5.74, 6) is 0. The molecule has 1 aromatic carbocycles. The molecule has 14 heavy (non-hydrogen) atoms. The van der Waals surface area contributed by atoms with Gasteiger partial charge in [-0.2, -0.15) is 0 Å². The maximum Gasteiger partial charge on any atom is 0.0991 e. The predicted molar refractivity (Wildman–Crippen MR) is 58.9 cm³/mol. The highest BCUT2D eigenvalue weighted by molar-refractivity contribution is 7.17. The number of thiophene rings is 1. The van der Waals surface area contributed by atoms with E-state index in [-0.39, 0.29) is 0 Å². The summed E-state index contributed by atoms with van der Waals surface area (Å²) in [6.45, 7) is 0. The lowest BCUT2D eigenvalue weighted by Gasteiger charge is -2.00. The molecule has 3 aromatic rings. The van der Waals surface area contributed by atoms with Crippen LogP contribution in [0.2, 0.25) is 0 Å². The molecule has 2 nitrogen and oxygen atoms in total. The molecule has 3 heteroatoms. The molecule has 2 heterocycles. The summed E-state index contributed by atoms with van der Waals surface area (Å²) in [7, 11) is 0. The minimum Gasteiger partial charge on any atom is -0.306 e. The number of rotatable bonds is 1. The zero-order valence-corrected chi connectivity index (χ0v) is 8.24. The van der Waals surface area contributed by atoms with Crippen molar-refractivity contribution in [2.45, 2.75) is 0 Å². The van der Waals surface area contributed by atoms with E-state index in [0.29, 0.717) is 0 Å². The Morgan fingerprint density at radius 1 is 1.21 bits per heavy atom. The van der Waals surface area contributed by atoms with E-state index in [0.717, 1.165) is 5.69 Å². The molecule has 0 bridgehead atoms. The molecule has 0 amide bonds. The number of imidazole rings is 1. The quantitative estimate of drug-likeness (QED) is 0.590. The Labute approximate surface area is 85.4 Å². The SMILES string of the molecule is c1cn(-c2ccc3ccsc3c2)cn1. The Bertz CT molecular complexity index is 551. The maximum absolute atomic E-state index is 4.03. The van der Waals surface area contributed by atoms with Crippen molar-refractivity contribution in [1.82, 2.24) is 9.55 Å². The van der Waals surface area contributed by atoms with Crippen LogP contribution in [0.25, 0.3) is 15.8 Å². The van der Waals surface area contributed by atoms with Crippen LogP contribution in [0, 0.1) is 0 Å². The van der Waals surface area contributed by atoms with Gasteiger partial charge in [-0.1, -0.05) is 6.07 Å². The molecule has 0 aliphatic heterocycles. The van der Waals surface area contributed by atoms with Gasteiger partial charge in [-0.3, -0.25) is 0 Å². The molecule has 68 valence electrons.